The van der Waals surface area contributed by atoms with Crippen LogP contribution < -0.4 is 5.32 Å². The average Bonchev–Trinajstić information content (AvgIpc) is 2.91. The summed E-state index contributed by atoms with van der Waals surface area (Å²) in [5, 5.41) is 2.68. The molecule has 1 fully saturated rings. The molecule has 0 bridgehead atoms. The minimum atomic E-state index is -4.44. The molecule has 22 heavy (non-hydrogen) atoms. The lowest BCUT2D eigenvalue weighted by atomic mass is 10.1. The summed E-state index contributed by atoms with van der Waals surface area (Å²) < 4.78 is 38.9. The highest BCUT2D eigenvalue weighted by Crippen LogP contribution is 2.24. The van der Waals surface area contributed by atoms with Gasteiger partial charge in [-0.15, -0.1) is 0 Å². The van der Waals surface area contributed by atoms with Crippen LogP contribution in [0, 0.1) is 12.8 Å². The second-order valence-corrected chi connectivity index (χ2v) is 5.53. The number of halogens is 3. The van der Waals surface area contributed by atoms with E-state index >= 15 is 0 Å². The number of aryl methyl sites for hydroxylation is 1. The fourth-order valence-electron chi connectivity index (χ4n) is 2.48. The lowest BCUT2D eigenvalue weighted by Gasteiger charge is -2.18. The maximum atomic E-state index is 12.3. The molecule has 122 valence electrons. The van der Waals surface area contributed by atoms with Gasteiger partial charge in [0.1, 0.15) is 6.54 Å². The van der Waals surface area contributed by atoms with E-state index in [9.17, 15) is 22.8 Å². The van der Waals surface area contributed by atoms with Crippen molar-refractivity contribution in [3.05, 3.63) is 23.5 Å². The summed E-state index contributed by atoms with van der Waals surface area (Å²) in [6.45, 7) is 0.728. The first kappa shape index (κ1) is 16.4. The molecule has 1 aromatic rings. The first-order valence-electron chi connectivity index (χ1n) is 6.91. The van der Waals surface area contributed by atoms with Gasteiger partial charge in [-0.1, -0.05) is 0 Å². The van der Waals surface area contributed by atoms with Crippen LogP contribution in [-0.2, 0) is 23.2 Å². The number of nitrogens with one attached hydrogen (secondary N) is 1. The minimum absolute atomic E-state index is 0.173. The van der Waals surface area contributed by atoms with E-state index in [0.717, 1.165) is 11.4 Å². The third-order valence-electron chi connectivity index (χ3n) is 3.88. The number of carbonyl (C=O) groups excluding carboxylic acids is 2. The molecule has 0 radical (unpaired) electrons. The van der Waals surface area contributed by atoms with E-state index in [1.54, 1.807) is 0 Å². The van der Waals surface area contributed by atoms with Crippen LogP contribution in [0.2, 0.25) is 0 Å². The molecular weight excluding hydrogens is 299 g/mol. The zero-order chi connectivity index (χ0) is 16.5. The van der Waals surface area contributed by atoms with Gasteiger partial charge in [0.05, 0.1) is 12.5 Å². The summed E-state index contributed by atoms with van der Waals surface area (Å²) in [5.74, 6) is -1.75. The monoisotopic (exact) mass is 317 g/mol. The van der Waals surface area contributed by atoms with E-state index in [1.807, 2.05) is 30.7 Å². The Kier molecular flexibility index (Phi) is 4.48. The number of rotatable bonds is 4. The largest absolute Gasteiger partial charge is 0.406 e. The fraction of sp³-hybridized carbons (Fsp3) is 0.571. The van der Waals surface area contributed by atoms with Crippen LogP contribution in [0.3, 0.4) is 0 Å². The molecule has 1 atom stereocenters. The van der Waals surface area contributed by atoms with Gasteiger partial charge in [0.2, 0.25) is 11.8 Å². The number of carbonyl (C=O) groups is 2. The maximum Gasteiger partial charge on any atom is 0.406 e. The van der Waals surface area contributed by atoms with Crippen LogP contribution in [-0.4, -0.2) is 40.5 Å². The third-order valence-corrected chi connectivity index (χ3v) is 3.88. The van der Waals surface area contributed by atoms with Gasteiger partial charge >= 0.3 is 6.18 Å². The molecule has 2 rings (SSSR count). The molecular formula is C14H18F3N3O2. The number of hydrogen-bond acceptors (Lipinski definition) is 2. The second kappa shape index (κ2) is 6.02. The smallest absolute Gasteiger partial charge is 0.350 e. The van der Waals surface area contributed by atoms with E-state index < -0.39 is 30.5 Å². The van der Waals surface area contributed by atoms with Gasteiger partial charge in [-0.05, 0) is 19.1 Å². The Hall–Kier alpha value is -1.99. The number of alkyl halides is 3. The Morgan fingerprint density at radius 3 is 2.64 bits per heavy atom. The van der Waals surface area contributed by atoms with Crippen molar-refractivity contribution in [1.82, 2.24) is 14.8 Å². The first-order valence-corrected chi connectivity index (χ1v) is 6.91. The minimum Gasteiger partial charge on any atom is -0.350 e. The Morgan fingerprint density at radius 1 is 1.41 bits per heavy atom. The molecule has 0 aromatic carbocycles. The molecule has 8 heteroatoms. The Morgan fingerprint density at radius 2 is 2.09 bits per heavy atom. The lowest BCUT2D eigenvalue weighted by molar-refractivity contribution is -0.157. The predicted octanol–water partition coefficient (Wildman–Crippen LogP) is 1.36. The fourth-order valence-corrected chi connectivity index (χ4v) is 2.48. The molecule has 2 amide bonds. The van der Waals surface area contributed by atoms with Crippen molar-refractivity contribution in [2.45, 2.75) is 26.1 Å². The molecule has 1 aromatic heterocycles. The molecule has 1 aliphatic rings. The van der Waals surface area contributed by atoms with E-state index in [-0.39, 0.29) is 19.5 Å². The van der Waals surface area contributed by atoms with Crippen molar-refractivity contribution in [2.75, 3.05) is 13.1 Å². The number of hydrogen-bond donors (Lipinski definition) is 1. The first-order chi connectivity index (χ1) is 10.2. The van der Waals surface area contributed by atoms with Crippen molar-refractivity contribution in [3.63, 3.8) is 0 Å². The molecule has 0 aliphatic carbocycles. The molecule has 5 nitrogen and oxygen atoms in total. The molecule has 1 saturated heterocycles. The number of aromatic nitrogens is 1. The summed E-state index contributed by atoms with van der Waals surface area (Å²) in [6.07, 6.45) is -4.62. The van der Waals surface area contributed by atoms with Crippen LogP contribution in [0.1, 0.15) is 17.8 Å². The third kappa shape index (κ3) is 3.80. The maximum absolute atomic E-state index is 12.3. The van der Waals surface area contributed by atoms with Crippen LogP contribution in [0.4, 0.5) is 13.2 Å². The Labute approximate surface area is 126 Å². The van der Waals surface area contributed by atoms with Crippen LogP contribution >= 0.6 is 0 Å². The SMILES string of the molecule is Cc1ccc(CNC(=O)[C@H]2CC(=O)N(CC(F)(F)F)C2)n1C. The van der Waals surface area contributed by atoms with Crippen LogP contribution in [0.5, 0.6) is 0 Å². The highest BCUT2D eigenvalue weighted by molar-refractivity contribution is 5.89. The normalized spacial score (nSPS) is 18.9. The van der Waals surface area contributed by atoms with Gasteiger partial charge in [-0.25, -0.2) is 0 Å². The molecule has 2 heterocycles. The van der Waals surface area contributed by atoms with Gasteiger partial charge in [0.15, 0.2) is 0 Å². The van der Waals surface area contributed by atoms with Gasteiger partial charge in [-0.3, -0.25) is 9.59 Å². The summed E-state index contributed by atoms with van der Waals surface area (Å²) >= 11 is 0. The van der Waals surface area contributed by atoms with Crippen molar-refractivity contribution >= 4 is 11.8 Å². The summed E-state index contributed by atoms with van der Waals surface area (Å²) in [5.41, 5.74) is 1.93. The summed E-state index contributed by atoms with van der Waals surface area (Å²) in [4.78, 5) is 24.2. The lowest BCUT2D eigenvalue weighted by Crippen LogP contribution is -2.37. The van der Waals surface area contributed by atoms with E-state index in [1.165, 1.54) is 0 Å². The van der Waals surface area contributed by atoms with E-state index in [0.29, 0.717) is 4.90 Å². The standard InChI is InChI=1S/C14H18F3N3O2/c1-9-3-4-11(19(9)2)6-18-13(22)10-5-12(21)20(7-10)8-14(15,16)17/h3-4,10H,5-8H2,1-2H3,(H,18,22)/t10-/m0/s1. The number of nitrogens with zero attached hydrogens (tertiary/aromatic N) is 2. The quantitative estimate of drug-likeness (QED) is 0.912. The molecule has 1 aliphatic heterocycles. The second-order valence-electron chi connectivity index (χ2n) is 5.53. The van der Waals surface area contributed by atoms with Crippen molar-refractivity contribution in [3.8, 4) is 0 Å². The van der Waals surface area contributed by atoms with Gasteiger partial charge in [0, 0.05) is 31.4 Å². The van der Waals surface area contributed by atoms with Crippen molar-refractivity contribution in [2.24, 2.45) is 13.0 Å². The summed E-state index contributed by atoms with van der Waals surface area (Å²) in [6, 6.07) is 3.77. The number of likely N-dealkylation sites (tertiary alicyclic amines) is 1. The van der Waals surface area contributed by atoms with Gasteiger partial charge in [0.25, 0.3) is 0 Å². The van der Waals surface area contributed by atoms with Crippen LogP contribution in [0.15, 0.2) is 12.1 Å². The Balaban J connectivity index is 1.89. The highest BCUT2D eigenvalue weighted by atomic mass is 19.4. The van der Waals surface area contributed by atoms with Crippen molar-refractivity contribution < 1.29 is 22.8 Å². The van der Waals surface area contributed by atoms with Gasteiger partial charge < -0.3 is 14.8 Å². The predicted molar refractivity (Wildman–Crippen MR) is 72.7 cm³/mol. The molecule has 0 saturated carbocycles. The molecule has 1 N–H and O–H groups in total. The Bertz CT molecular complexity index is 580. The highest BCUT2D eigenvalue weighted by Gasteiger charge is 2.40. The summed E-state index contributed by atoms with van der Waals surface area (Å²) in [7, 11) is 1.86. The van der Waals surface area contributed by atoms with E-state index in [4.69, 9.17) is 0 Å². The molecule has 0 spiro atoms. The molecule has 0 unspecified atom stereocenters. The van der Waals surface area contributed by atoms with E-state index in [2.05, 4.69) is 5.32 Å². The van der Waals surface area contributed by atoms with Crippen molar-refractivity contribution in [1.29, 1.82) is 0 Å². The zero-order valence-electron chi connectivity index (χ0n) is 12.4. The van der Waals surface area contributed by atoms with Crippen LogP contribution in [0.25, 0.3) is 0 Å². The zero-order valence-corrected chi connectivity index (χ0v) is 12.4. The number of amides is 2. The average molecular weight is 317 g/mol. The topological polar surface area (TPSA) is 54.3 Å². The van der Waals surface area contributed by atoms with Gasteiger partial charge in [-0.2, -0.15) is 13.2 Å².